The molecule has 0 radical (unpaired) electrons. The van der Waals surface area contributed by atoms with E-state index in [1.165, 1.54) is 19.2 Å². The summed E-state index contributed by atoms with van der Waals surface area (Å²) >= 11 is 0. The molecule has 0 atom stereocenters. The Labute approximate surface area is 171 Å². The smallest absolute Gasteiger partial charge is 0.411 e. The van der Waals surface area contributed by atoms with Gasteiger partial charge in [0.05, 0.1) is 24.2 Å². The van der Waals surface area contributed by atoms with Gasteiger partial charge in [-0.2, -0.15) is 0 Å². The van der Waals surface area contributed by atoms with Crippen LogP contribution in [0.2, 0.25) is 0 Å². The first-order valence-corrected chi connectivity index (χ1v) is 8.56. The van der Waals surface area contributed by atoms with E-state index in [0.717, 1.165) is 19.2 Å². The standard InChI is InChI=1S/C19H19N3O8/c1-28-6-7-30-19(25)21-15-5-3-4-14(11-15)20-17(23)12-8-13(18(24)29-2)10-16(9-12)22(26)27/h3-5,8-11H,6-7H2,1-2H3,(H,20,23)(H,21,25). The molecular formula is C19H19N3O8. The number of nitrogens with zero attached hydrogens (tertiary/aromatic N) is 1. The number of carbonyl (C=O) groups is 3. The Hall–Kier alpha value is -3.99. The number of amides is 2. The van der Waals surface area contributed by atoms with Gasteiger partial charge in [0.25, 0.3) is 11.6 Å². The van der Waals surface area contributed by atoms with Crippen molar-refractivity contribution in [1.29, 1.82) is 0 Å². The second kappa shape index (κ2) is 10.5. The van der Waals surface area contributed by atoms with E-state index in [9.17, 15) is 24.5 Å². The van der Waals surface area contributed by atoms with Crippen LogP contribution in [0.3, 0.4) is 0 Å². The molecule has 2 rings (SSSR count). The molecule has 0 aromatic heterocycles. The van der Waals surface area contributed by atoms with Crippen molar-refractivity contribution in [2.75, 3.05) is 38.1 Å². The Morgan fingerprint density at radius 3 is 2.27 bits per heavy atom. The molecule has 0 saturated carbocycles. The number of nitro groups is 1. The van der Waals surface area contributed by atoms with Crippen LogP contribution < -0.4 is 10.6 Å². The fraction of sp³-hybridized carbons (Fsp3) is 0.211. The lowest BCUT2D eigenvalue weighted by molar-refractivity contribution is -0.384. The van der Waals surface area contributed by atoms with Crippen LogP contribution >= 0.6 is 0 Å². The van der Waals surface area contributed by atoms with E-state index >= 15 is 0 Å². The number of rotatable bonds is 8. The maximum absolute atomic E-state index is 12.5. The summed E-state index contributed by atoms with van der Waals surface area (Å²) in [7, 11) is 2.60. The largest absolute Gasteiger partial charge is 0.465 e. The molecule has 0 unspecified atom stereocenters. The van der Waals surface area contributed by atoms with Gasteiger partial charge in [-0.1, -0.05) is 6.07 Å². The van der Waals surface area contributed by atoms with E-state index in [0.29, 0.717) is 11.4 Å². The maximum atomic E-state index is 12.5. The van der Waals surface area contributed by atoms with Crippen molar-refractivity contribution in [1.82, 2.24) is 0 Å². The third kappa shape index (κ3) is 6.27. The first kappa shape index (κ1) is 22.3. The lowest BCUT2D eigenvalue weighted by atomic mass is 10.1. The molecule has 30 heavy (non-hydrogen) atoms. The monoisotopic (exact) mass is 417 g/mol. The minimum atomic E-state index is -0.814. The van der Waals surface area contributed by atoms with E-state index in [4.69, 9.17) is 9.47 Å². The summed E-state index contributed by atoms with van der Waals surface area (Å²) in [6, 6.07) is 9.42. The Balaban J connectivity index is 2.16. The summed E-state index contributed by atoms with van der Waals surface area (Å²) in [6.45, 7) is 0.328. The molecular weight excluding hydrogens is 398 g/mol. The number of hydrogen-bond donors (Lipinski definition) is 2. The fourth-order valence-electron chi connectivity index (χ4n) is 2.33. The molecule has 0 spiro atoms. The Morgan fingerprint density at radius 1 is 0.967 bits per heavy atom. The predicted molar refractivity (Wildman–Crippen MR) is 106 cm³/mol. The van der Waals surface area contributed by atoms with E-state index in [2.05, 4.69) is 15.4 Å². The highest BCUT2D eigenvalue weighted by molar-refractivity contribution is 6.06. The van der Waals surface area contributed by atoms with Gasteiger partial charge in [0, 0.05) is 36.2 Å². The van der Waals surface area contributed by atoms with E-state index < -0.39 is 28.6 Å². The molecule has 0 heterocycles. The summed E-state index contributed by atoms with van der Waals surface area (Å²) in [5.41, 5.74) is -0.0180. The number of nitro benzene ring substituents is 1. The predicted octanol–water partition coefficient (Wildman–Crippen LogP) is 2.83. The zero-order valence-electron chi connectivity index (χ0n) is 16.2. The molecule has 0 aliphatic heterocycles. The fourth-order valence-corrected chi connectivity index (χ4v) is 2.33. The third-order valence-corrected chi connectivity index (χ3v) is 3.70. The zero-order chi connectivity index (χ0) is 22.1. The maximum Gasteiger partial charge on any atom is 0.411 e. The Bertz CT molecular complexity index is 961. The van der Waals surface area contributed by atoms with Crippen molar-refractivity contribution in [2.45, 2.75) is 0 Å². The van der Waals surface area contributed by atoms with Crippen LogP contribution in [0.25, 0.3) is 0 Å². The summed E-state index contributed by atoms with van der Waals surface area (Å²) in [5.74, 6) is -1.50. The number of hydrogen-bond acceptors (Lipinski definition) is 8. The van der Waals surface area contributed by atoms with Crippen LogP contribution in [0.5, 0.6) is 0 Å². The van der Waals surface area contributed by atoms with Crippen molar-refractivity contribution in [2.24, 2.45) is 0 Å². The van der Waals surface area contributed by atoms with Gasteiger partial charge < -0.3 is 19.5 Å². The second-order valence-electron chi connectivity index (χ2n) is 5.81. The van der Waals surface area contributed by atoms with Gasteiger partial charge in [0.15, 0.2) is 0 Å². The summed E-state index contributed by atoms with van der Waals surface area (Å²) in [6.07, 6.45) is -0.697. The van der Waals surface area contributed by atoms with Crippen molar-refractivity contribution < 1.29 is 33.5 Å². The molecule has 158 valence electrons. The summed E-state index contributed by atoms with van der Waals surface area (Å²) in [4.78, 5) is 46.3. The lowest BCUT2D eigenvalue weighted by Gasteiger charge is -2.10. The number of methoxy groups -OCH3 is 2. The normalized spacial score (nSPS) is 10.1. The topological polar surface area (TPSA) is 146 Å². The van der Waals surface area contributed by atoms with Crippen LogP contribution in [0, 0.1) is 10.1 Å². The van der Waals surface area contributed by atoms with Crippen LogP contribution in [0.1, 0.15) is 20.7 Å². The molecule has 2 aromatic rings. The molecule has 11 heteroatoms. The summed E-state index contributed by atoms with van der Waals surface area (Å²) < 4.78 is 14.2. The number of carbonyl (C=O) groups excluding carboxylic acids is 3. The number of non-ortho nitro benzene ring substituents is 1. The number of nitrogens with one attached hydrogen (secondary N) is 2. The third-order valence-electron chi connectivity index (χ3n) is 3.70. The highest BCUT2D eigenvalue weighted by atomic mass is 16.6. The first-order chi connectivity index (χ1) is 14.3. The minimum Gasteiger partial charge on any atom is -0.465 e. The van der Waals surface area contributed by atoms with Crippen LogP contribution in [0.15, 0.2) is 42.5 Å². The van der Waals surface area contributed by atoms with Gasteiger partial charge in [-0.3, -0.25) is 20.2 Å². The van der Waals surface area contributed by atoms with Gasteiger partial charge in [0.1, 0.15) is 6.61 Å². The van der Waals surface area contributed by atoms with Gasteiger partial charge in [-0.15, -0.1) is 0 Å². The van der Waals surface area contributed by atoms with Crippen molar-refractivity contribution in [3.8, 4) is 0 Å². The number of benzene rings is 2. The molecule has 0 fully saturated rings. The van der Waals surface area contributed by atoms with Crippen molar-refractivity contribution in [3.63, 3.8) is 0 Å². The van der Waals surface area contributed by atoms with E-state index in [1.807, 2.05) is 0 Å². The van der Waals surface area contributed by atoms with Crippen LogP contribution in [-0.4, -0.2) is 50.3 Å². The SMILES string of the molecule is COCCOC(=O)Nc1cccc(NC(=O)c2cc(C(=O)OC)cc([N+](=O)[O-])c2)c1. The van der Waals surface area contributed by atoms with E-state index in [-0.39, 0.29) is 24.3 Å². The number of anilines is 2. The molecule has 2 amide bonds. The van der Waals surface area contributed by atoms with Gasteiger partial charge >= 0.3 is 12.1 Å². The Morgan fingerprint density at radius 2 is 1.63 bits per heavy atom. The van der Waals surface area contributed by atoms with Crippen LogP contribution in [-0.2, 0) is 14.2 Å². The highest BCUT2D eigenvalue weighted by Gasteiger charge is 2.18. The van der Waals surface area contributed by atoms with E-state index in [1.54, 1.807) is 18.2 Å². The Kier molecular flexibility index (Phi) is 7.82. The number of esters is 1. The molecule has 0 saturated heterocycles. The van der Waals surface area contributed by atoms with Gasteiger partial charge in [-0.25, -0.2) is 9.59 Å². The first-order valence-electron chi connectivity index (χ1n) is 8.56. The average Bonchev–Trinajstić information content (AvgIpc) is 2.73. The van der Waals surface area contributed by atoms with Crippen molar-refractivity contribution >= 4 is 35.0 Å². The zero-order valence-corrected chi connectivity index (χ0v) is 16.2. The minimum absolute atomic E-state index is 0.0775. The van der Waals surface area contributed by atoms with Crippen LogP contribution in [0.4, 0.5) is 21.9 Å². The second-order valence-corrected chi connectivity index (χ2v) is 5.81. The molecule has 2 aromatic carbocycles. The highest BCUT2D eigenvalue weighted by Crippen LogP contribution is 2.21. The lowest BCUT2D eigenvalue weighted by Crippen LogP contribution is -2.17. The van der Waals surface area contributed by atoms with Gasteiger partial charge in [-0.05, 0) is 24.3 Å². The van der Waals surface area contributed by atoms with Gasteiger partial charge in [0.2, 0.25) is 0 Å². The summed E-state index contributed by atoms with van der Waals surface area (Å²) in [5, 5.41) is 16.1. The molecule has 0 aliphatic rings. The molecule has 0 bridgehead atoms. The molecule has 11 nitrogen and oxygen atoms in total. The quantitative estimate of drug-likeness (QED) is 0.288. The molecule has 2 N–H and O–H groups in total. The molecule has 0 aliphatic carbocycles. The number of ether oxygens (including phenoxy) is 3. The van der Waals surface area contributed by atoms with Crippen molar-refractivity contribution in [3.05, 3.63) is 63.7 Å². The average molecular weight is 417 g/mol.